The van der Waals surface area contributed by atoms with Crippen LogP contribution in [-0.4, -0.2) is 36.8 Å². The number of hydrogen-bond donors (Lipinski definition) is 1. The van der Waals surface area contributed by atoms with E-state index < -0.39 is 0 Å². The Balaban J connectivity index is 2.34. The molecule has 0 atom stereocenters. The van der Waals surface area contributed by atoms with Gasteiger partial charge in [-0.25, -0.2) is 9.97 Å². The smallest absolute Gasteiger partial charge is 0.218 e. The van der Waals surface area contributed by atoms with E-state index in [0.717, 1.165) is 19.0 Å². The third-order valence-electron chi connectivity index (χ3n) is 1.61. The van der Waals surface area contributed by atoms with Crippen molar-refractivity contribution >= 4 is 5.82 Å². The molecular formula is C9H15N3O2. The lowest BCUT2D eigenvalue weighted by atomic mass is 10.5. The van der Waals surface area contributed by atoms with E-state index in [9.17, 15) is 0 Å². The Kier molecular flexibility index (Phi) is 4.71. The third kappa shape index (κ3) is 3.57. The molecule has 78 valence electrons. The van der Waals surface area contributed by atoms with Crippen LogP contribution in [0.4, 0.5) is 5.82 Å². The van der Waals surface area contributed by atoms with Crippen LogP contribution in [0.3, 0.4) is 0 Å². The van der Waals surface area contributed by atoms with E-state index in [-0.39, 0.29) is 0 Å². The standard InChI is InChI=1S/C9H15N3O2/c1-3-14-5-4-10-8-6-9(13-2)12-7-11-8/h6-7H,3-5H2,1-2H3,(H,10,11,12). The lowest BCUT2D eigenvalue weighted by molar-refractivity contribution is 0.158. The zero-order chi connectivity index (χ0) is 10.2. The minimum absolute atomic E-state index is 0.555. The van der Waals surface area contributed by atoms with Gasteiger partial charge in [0.05, 0.1) is 13.7 Å². The summed E-state index contributed by atoms with van der Waals surface area (Å²) in [6, 6.07) is 1.74. The maximum Gasteiger partial charge on any atom is 0.218 e. The van der Waals surface area contributed by atoms with E-state index in [1.165, 1.54) is 6.33 Å². The predicted octanol–water partition coefficient (Wildman–Crippen LogP) is 0.934. The van der Waals surface area contributed by atoms with Crippen molar-refractivity contribution in [2.45, 2.75) is 6.92 Å². The first-order valence-electron chi connectivity index (χ1n) is 4.54. The van der Waals surface area contributed by atoms with Crippen LogP contribution in [-0.2, 0) is 4.74 Å². The van der Waals surface area contributed by atoms with Gasteiger partial charge >= 0.3 is 0 Å². The summed E-state index contributed by atoms with van der Waals surface area (Å²) in [6.07, 6.45) is 1.46. The topological polar surface area (TPSA) is 56.3 Å². The number of aromatic nitrogens is 2. The van der Waals surface area contributed by atoms with E-state index in [4.69, 9.17) is 9.47 Å². The van der Waals surface area contributed by atoms with Gasteiger partial charge in [0.1, 0.15) is 12.1 Å². The van der Waals surface area contributed by atoms with Gasteiger partial charge in [-0.05, 0) is 6.92 Å². The molecule has 0 saturated carbocycles. The van der Waals surface area contributed by atoms with E-state index in [1.54, 1.807) is 13.2 Å². The molecule has 0 saturated heterocycles. The molecule has 0 aliphatic heterocycles. The highest BCUT2D eigenvalue weighted by Gasteiger charge is 1.96. The predicted molar refractivity (Wildman–Crippen MR) is 53.6 cm³/mol. The molecule has 1 aromatic rings. The molecule has 1 rings (SSSR count). The van der Waals surface area contributed by atoms with Crippen molar-refractivity contribution < 1.29 is 9.47 Å². The third-order valence-corrected chi connectivity index (χ3v) is 1.61. The van der Waals surface area contributed by atoms with Crippen LogP contribution in [0.5, 0.6) is 5.88 Å². The maximum absolute atomic E-state index is 5.17. The van der Waals surface area contributed by atoms with Crippen molar-refractivity contribution in [1.29, 1.82) is 0 Å². The highest BCUT2D eigenvalue weighted by molar-refractivity contribution is 5.36. The molecule has 1 N–H and O–H groups in total. The summed E-state index contributed by atoms with van der Waals surface area (Å²) in [5.74, 6) is 1.30. The Labute approximate surface area is 83.5 Å². The van der Waals surface area contributed by atoms with Crippen molar-refractivity contribution in [3.8, 4) is 5.88 Å². The quantitative estimate of drug-likeness (QED) is 0.688. The molecule has 0 spiro atoms. The second-order valence-electron chi connectivity index (χ2n) is 2.57. The fourth-order valence-corrected chi connectivity index (χ4v) is 0.943. The van der Waals surface area contributed by atoms with Gasteiger partial charge < -0.3 is 14.8 Å². The second kappa shape index (κ2) is 6.15. The monoisotopic (exact) mass is 197 g/mol. The minimum Gasteiger partial charge on any atom is -0.481 e. The van der Waals surface area contributed by atoms with Crippen LogP contribution in [0.15, 0.2) is 12.4 Å². The van der Waals surface area contributed by atoms with Crippen molar-refractivity contribution in [3.63, 3.8) is 0 Å². The zero-order valence-corrected chi connectivity index (χ0v) is 8.49. The molecular weight excluding hydrogens is 182 g/mol. The molecule has 0 unspecified atom stereocenters. The number of rotatable bonds is 6. The summed E-state index contributed by atoms with van der Waals surface area (Å²) in [5, 5.41) is 3.10. The van der Waals surface area contributed by atoms with Gasteiger partial charge in [0, 0.05) is 19.2 Å². The lowest BCUT2D eigenvalue weighted by Crippen LogP contribution is -2.10. The Hall–Kier alpha value is -1.36. The van der Waals surface area contributed by atoms with E-state index >= 15 is 0 Å². The normalized spacial score (nSPS) is 9.86. The molecule has 14 heavy (non-hydrogen) atoms. The summed E-state index contributed by atoms with van der Waals surface area (Å²) in [7, 11) is 1.58. The van der Waals surface area contributed by atoms with Gasteiger partial charge in [0.25, 0.3) is 0 Å². The highest BCUT2D eigenvalue weighted by Crippen LogP contribution is 2.09. The molecule has 1 aromatic heterocycles. The number of hydrogen-bond acceptors (Lipinski definition) is 5. The first kappa shape index (κ1) is 10.7. The molecule has 0 aromatic carbocycles. The van der Waals surface area contributed by atoms with Crippen LogP contribution in [0.1, 0.15) is 6.92 Å². The molecule has 0 aliphatic carbocycles. The van der Waals surface area contributed by atoms with Crippen molar-refractivity contribution in [1.82, 2.24) is 9.97 Å². The molecule has 1 heterocycles. The molecule has 0 amide bonds. The van der Waals surface area contributed by atoms with Crippen LogP contribution in [0, 0.1) is 0 Å². The number of nitrogens with zero attached hydrogens (tertiary/aromatic N) is 2. The maximum atomic E-state index is 5.17. The van der Waals surface area contributed by atoms with Crippen molar-refractivity contribution in [2.24, 2.45) is 0 Å². The Morgan fingerprint density at radius 2 is 2.29 bits per heavy atom. The number of nitrogens with one attached hydrogen (secondary N) is 1. The number of ether oxygens (including phenoxy) is 2. The van der Waals surface area contributed by atoms with E-state index in [1.807, 2.05) is 6.92 Å². The zero-order valence-electron chi connectivity index (χ0n) is 8.49. The van der Waals surface area contributed by atoms with Crippen LogP contribution in [0.25, 0.3) is 0 Å². The average Bonchev–Trinajstić information content (AvgIpc) is 2.25. The number of methoxy groups -OCH3 is 1. The largest absolute Gasteiger partial charge is 0.481 e. The first-order valence-corrected chi connectivity index (χ1v) is 4.54. The van der Waals surface area contributed by atoms with Crippen LogP contribution in [0.2, 0.25) is 0 Å². The van der Waals surface area contributed by atoms with E-state index in [2.05, 4.69) is 15.3 Å². The van der Waals surface area contributed by atoms with Crippen molar-refractivity contribution in [2.75, 3.05) is 32.2 Å². The Bertz CT molecular complexity index is 268. The summed E-state index contributed by atoms with van der Waals surface area (Å²) >= 11 is 0. The summed E-state index contributed by atoms with van der Waals surface area (Å²) in [5.41, 5.74) is 0. The van der Waals surface area contributed by atoms with E-state index in [0.29, 0.717) is 12.5 Å². The SMILES string of the molecule is CCOCCNc1cc(OC)ncn1. The number of anilines is 1. The minimum atomic E-state index is 0.555. The van der Waals surface area contributed by atoms with Gasteiger partial charge in [0.15, 0.2) is 0 Å². The molecule has 5 nitrogen and oxygen atoms in total. The molecule has 0 aliphatic rings. The highest BCUT2D eigenvalue weighted by atomic mass is 16.5. The molecule has 5 heteroatoms. The first-order chi connectivity index (χ1) is 6.86. The summed E-state index contributed by atoms with van der Waals surface area (Å²) in [4.78, 5) is 7.92. The van der Waals surface area contributed by atoms with Gasteiger partial charge in [0.2, 0.25) is 5.88 Å². The Morgan fingerprint density at radius 3 is 3.00 bits per heavy atom. The van der Waals surface area contributed by atoms with Crippen molar-refractivity contribution in [3.05, 3.63) is 12.4 Å². The fraction of sp³-hybridized carbons (Fsp3) is 0.556. The Morgan fingerprint density at radius 1 is 1.43 bits per heavy atom. The van der Waals surface area contributed by atoms with Crippen LogP contribution < -0.4 is 10.1 Å². The van der Waals surface area contributed by atoms with Gasteiger partial charge in [-0.3, -0.25) is 0 Å². The van der Waals surface area contributed by atoms with Gasteiger partial charge in [-0.15, -0.1) is 0 Å². The summed E-state index contributed by atoms with van der Waals surface area (Å²) in [6.45, 7) is 4.10. The van der Waals surface area contributed by atoms with Gasteiger partial charge in [-0.1, -0.05) is 0 Å². The molecule has 0 radical (unpaired) electrons. The average molecular weight is 197 g/mol. The van der Waals surface area contributed by atoms with Crippen LogP contribution >= 0.6 is 0 Å². The molecule has 0 bridgehead atoms. The molecule has 0 fully saturated rings. The summed E-state index contributed by atoms with van der Waals surface area (Å²) < 4.78 is 10.1. The lowest BCUT2D eigenvalue weighted by Gasteiger charge is -2.05. The van der Waals surface area contributed by atoms with Gasteiger partial charge in [-0.2, -0.15) is 0 Å². The second-order valence-corrected chi connectivity index (χ2v) is 2.57. The fourth-order valence-electron chi connectivity index (χ4n) is 0.943.